The van der Waals surface area contributed by atoms with Gasteiger partial charge in [0.25, 0.3) is 0 Å². The van der Waals surface area contributed by atoms with E-state index in [9.17, 15) is 0 Å². The van der Waals surface area contributed by atoms with Crippen LogP contribution in [-0.2, 0) is 10.2 Å². The Bertz CT molecular complexity index is 661. The molecule has 1 saturated heterocycles. The summed E-state index contributed by atoms with van der Waals surface area (Å²) in [4.78, 5) is 4.40. The zero-order valence-corrected chi connectivity index (χ0v) is 16.3. The maximum Gasteiger partial charge on any atom is 0.191 e. The molecular weight excluding hydrogens is 350 g/mol. The minimum atomic E-state index is -0.0972. The van der Waals surface area contributed by atoms with Crippen LogP contribution in [-0.4, -0.2) is 45.9 Å². The molecule has 2 aliphatic rings. The van der Waals surface area contributed by atoms with Crippen LogP contribution in [0.4, 0.5) is 0 Å². The number of nitrogens with zero attached hydrogens (tertiary/aromatic N) is 1. The van der Waals surface area contributed by atoms with E-state index < -0.39 is 0 Å². The van der Waals surface area contributed by atoms with Gasteiger partial charge < -0.3 is 20.1 Å². The normalized spacial score (nSPS) is 20.2. The molecule has 1 aromatic rings. The van der Waals surface area contributed by atoms with Gasteiger partial charge in [-0.2, -0.15) is 0 Å². The van der Waals surface area contributed by atoms with Gasteiger partial charge >= 0.3 is 0 Å². The minimum absolute atomic E-state index is 0.0972. The van der Waals surface area contributed by atoms with E-state index in [-0.39, 0.29) is 5.41 Å². The largest absolute Gasteiger partial charge is 0.496 e. The predicted octanol–water partition coefficient (Wildman–Crippen LogP) is 3.28. The summed E-state index contributed by atoms with van der Waals surface area (Å²) >= 11 is 6.31. The smallest absolute Gasteiger partial charge is 0.191 e. The van der Waals surface area contributed by atoms with Crippen molar-refractivity contribution in [2.45, 2.75) is 37.1 Å². The van der Waals surface area contributed by atoms with Crippen LogP contribution in [0, 0.1) is 0 Å². The van der Waals surface area contributed by atoms with Crippen molar-refractivity contribution in [3.63, 3.8) is 0 Å². The van der Waals surface area contributed by atoms with Gasteiger partial charge in [-0.15, -0.1) is 0 Å². The molecule has 0 unspecified atom stereocenters. The van der Waals surface area contributed by atoms with Crippen LogP contribution in [0.3, 0.4) is 0 Å². The fraction of sp³-hybridized carbons (Fsp3) is 0.550. The topological polar surface area (TPSA) is 54.9 Å². The van der Waals surface area contributed by atoms with Gasteiger partial charge in [-0.3, -0.25) is 4.99 Å². The number of guanidine groups is 1. The Labute approximate surface area is 160 Å². The third-order valence-electron chi connectivity index (χ3n) is 5.35. The average molecular weight is 378 g/mol. The van der Waals surface area contributed by atoms with Gasteiger partial charge in [0.1, 0.15) is 5.75 Å². The quantitative estimate of drug-likeness (QED) is 0.469. The van der Waals surface area contributed by atoms with E-state index in [2.05, 4.69) is 27.8 Å². The molecule has 2 N–H and O–H groups in total. The summed E-state index contributed by atoms with van der Waals surface area (Å²) < 4.78 is 11.3. The monoisotopic (exact) mass is 377 g/mol. The number of halogens is 1. The zero-order chi connectivity index (χ0) is 18.4. The summed E-state index contributed by atoms with van der Waals surface area (Å²) in [5.41, 5.74) is 1.04. The van der Waals surface area contributed by atoms with Gasteiger partial charge in [-0.1, -0.05) is 23.8 Å². The second kappa shape index (κ2) is 8.78. The molecule has 0 aromatic heterocycles. The van der Waals surface area contributed by atoms with Crippen molar-refractivity contribution >= 4 is 17.6 Å². The summed E-state index contributed by atoms with van der Waals surface area (Å²) in [7, 11) is 3.52. The Morgan fingerprint density at radius 1 is 1.31 bits per heavy atom. The van der Waals surface area contributed by atoms with E-state index in [1.807, 2.05) is 25.2 Å². The number of rotatable bonds is 5. The van der Waals surface area contributed by atoms with Gasteiger partial charge in [-0.25, -0.2) is 0 Å². The molecule has 6 heteroatoms. The lowest BCUT2D eigenvalue weighted by atomic mass is 9.73. The zero-order valence-electron chi connectivity index (χ0n) is 15.6. The van der Waals surface area contributed by atoms with Crippen LogP contribution in [0.5, 0.6) is 5.75 Å². The van der Waals surface area contributed by atoms with Crippen LogP contribution in [0.25, 0.3) is 0 Å². The number of ether oxygens (including phenoxy) is 2. The summed E-state index contributed by atoms with van der Waals surface area (Å²) in [6, 6.07) is 6.28. The molecule has 1 aromatic carbocycles. The van der Waals surface area contributed by atoms with E-state index in [4.69, 9.17) is 21.1 Å². The number of methoxy groups -OCH3 is 1. The molecule has 1 heterocycles. The molecule has 1 aliphatic carbocycles. The Balaban J connectivity index is 1.78. The lowest BCUT2D eigenvalue weighted by Crippen LogP contribution is -2.49. The first-order valence-electron chi connectivity index (χ1n) is 9.21. The highest BCUT2D eigenvalue weighted by Crippen LogP contribution is 2.40. The van der Waals surface area contributed by atoms with E-state index >= 15 is 0 Å². The van der Waals surface area contributed by atoms with E-state index in [0.717, 1.165) is 67.7 Å². The van der Waals surface area contributed by atoms with Gasteiger partial charge in [0.2, 0.25) is 0 Å². The Kier molecular flexibility index (Phi) is 6.43. The number of hydrogen-bond donors (Lipinski definition) is 2. The Hall–Kier alpha value is -1.72. The van der Waals surface area contributed by atoms with Crippen LogP contribution in [0.1, 0.15) is 31.2 Å². The van der Waals surface area contributed by atoms with Crippen molar-refractivity contribution in [3.05, 3.63) is 40.9 Å². The van der Waals surface area contributed by atoms with Gasteiger partial charge in [0.15, 0.2) is 5.96 Å². The second-order valence-electron chi connectivity index (χ2n) is 6.95. The molecule has 0 radical (unpaired) electrons. The maximum absolute atomic E-state index is 6.31. The van der Waals surface area contributed by atoms with Gasteiger partial charge in [-0.05, 0) is 43.9 Å². The van der Waals surface area contributed by atoms with Crippen LogP contribution >= 0.6 is 11.6 Å². The first-order valence-corrected chi connectivity index (χ1v) is 9.58. The number of benzene rings is 1. The fourth-order valence-corrected chi connectivity index (χ4v) is 3.95. The molecule has 5 nitrogen and oxygen atoms in total. The molecule has 0 saturated carbocycles. The van der Waals surface area contributed by atoms with Crippen LogP contribution < -0.4 is 15.4 Å². The lowest BCUT2D eigenvalue weighted by Gasteiger charge is -2.39. The highest BCUT2D eigenvalue weighted by molar-refractivity contribution is 6.30. The molecule has 1 aliphatic heterocycles. The van der Waals surface area contributed by atoms with Crippen LogP contribution in [0.15, 0.2) is 35.3 Å². The third-order valence-corrected chi connectivity index (χ3v) is 5.58. The average Bonchev–Trinajstić information content (AvgIpc) is 3.19. The van der Waals surface area contributed by atoms with Crippen molar-refractivity contribution < 1.29 is 9.47 Å². The van der Waals surface area contributed by atoms with E-state index in [1.165, 1.54) is 0 Å². The first-order chi connectivity index (χ1) is 12.7. The highest BCUT2D eigenvalue weighted by atomic mass is 35.5. The SMILES string of the molecule is CN=C(NCC1(c2cc(Cl)ccc2OC)CCOCC1)NC1CC=CC1. The molecule has 142 valence electrons. The van der Waals surface area contributed by atoms with Crippen molar-refractivity contribution in [2.75, 3.05) is 33.9 Å². The summed E-state index contributed by atoms with van der Waals surface area (Å²) in [6.07, 6.45) is 8.34. The Morgan fingerprint density at radius 3 is 2.69 bits per heavy atom. The van der Waals surface area contributed by atoms with Crippen molar-refractivity contribution in [1.29, 1.82) is 0 Å². The standard InChI is InChI=1S/C20H28ClN3O2/c1-22-19(24-16-5-3-4-6-16)23-14-20(9-11-26-12-10-20)17-13-15(21)7-8-18(17)25-2/h3-4,7-8,13,16H,5-6,9-12,14H2,1-2H3,(H2,22,23,24). The van der Waals surface area contributed by atoms with Crippen molar-refractivity contribution in [2.24, 2.45) is 4.99 Å². The van der Waals surface area contributed by atoms with E-state index in [0.29, 0.717) is 6.04 Å². The molecule has 26 heavy (non-hydrogen) atoms. The fourth-order valence-electron chi connectivity index (χ4n) is 3.77. The number of hydrogen-bond acceptors (Lipinski definition) is 3. The molecule has 0 spiro atoms. The van der Waals surface area contributed by atoms with E-state index in [1.54, 1.807) is 7.11 Å². The minimum Gasteiger partial charge on any atom is -0.496 e. The van der Waals surface area contributed by atoms with Gasteiger partial charge in [0.05, 0.1) is 7.11 Å². The molecule has 0 atom stereocenters. The maximum atomic E-state index is 6.31. The molecule has 0 amide bonds. The second-order valence-corrected chi connectivity index (χ2v) is 7.38. The molecule has 0 bridgehead atoms. The van der Waals surface area contributed by atoms with Gasteiger partial charge in [0, 0.05) is 48.8 Å². The predicted molar refractivity (Wildman–Crippen MR) is 106 cm³/mol. The third kappa shape index (κ3) is 4.33. The summed E-state index contributed by atoms with van der Waals surface area (Å²) in [5.74, 6) is 1.71. The number of aliphatic imine (C=N–C) groups is 1. The summed E-state index contributed by atoms with van der Waals surface area (Å²) in [5, 5.41) is 7.76. The number of nitrogens with one attached hydrogen (secondary N) is 2. The van der Waals surface area contributed by atoms with Crippen molar-refractivity contribution in [1.82, 2.24) is 10.6 Å². The Morgan fingerprint density at radius 2 is 2.04 bits per heavy atom. The molecule has 3 rings (SSSR count). The lowest BCUT2D eigenvalue weighted by molar-refractivity contribution is 0.0505. The van der Waals surface area contributed by atoms with Crippen LogP contribution in [0.2, 0.25) is 5.02 Å². The molecule has 1 fully saturated rings. The molecular formula is C20H28ClN3O2. The van der Waals surface area contributed by atoms with Crippen molar-refractivity contribution in [3.8, 4) is 5.75 Å². The summed E-state index contributed by atoms with van der Waals surface area (Å²) in [6.45, 7) is 2.22. The first kappa shape index (κ1) is 19.1. The highest BCUT2D eigenvalue weighted by Gasteiger charge is 2.37.